The van der Waals surface area contributed by atoms with E-state index in [1.54, 1.807) is 7.11 Å². The summed E-state index contributed by atoms with van der Waals surface area (Å²) in [6.45, 7) is 9.30. The van der Waals surface area contributed by atoms with Gasteiger partial charge in [-0.1, -0.05) is 32.9 Å². The van der Waals surface area contributed by atoms with E-state index in [-0.39, 0.29) is 11.4 Å². The molecule has 0 bridgehead atoms. The first-order valence-electron chi connectivity index (χ1n) is 10.4. The number of rotatable bonds is 6. The molecule has 2 amide bonds. The zero-order valence-corrected chi connectivity index (χ0v) is 18.0. The van der Waals surface area contributed by atoms with Crippen LogP contribution in [0.1, 0.15) is 39.2 Å². The van der Waals surface area contributed by atoms with Gasteiger partial charge in [0, 0.05) is 36.4 Å². The highest BCUT2D eigenvalue weighted by Crippen LogP contribution is 2.25. The predicted octanol–water partition coefficient (Wildman–Crippen LogP) is 5.03. The van der Waals surface area contributed by atoms with Crippen molar-refractivity contribution >= 4 is 17.4 Å². The number of amides is 2. The Bertz CT molecular complexity index is 792. The quantitative estimate of drug-likeness (QED) is 0.721. The summed E-state index contributed by atoms with van der Waals surface area (Å²) >= 11 is 0. The summed E-state index contributed by atoms with van der Waals surface area (Å²) in [7, 11) is 1.66. The zero-order valence-electron chi connectivity index (χ0n) is 18.0. The second kappa shape index (κ2) is 9.21. The van der Waals surface area contributed by atoms with E-state index in [2.05, 4.69) is 48.4 Å². The van der Waals surface area contributed by atoms with Gasteiger partial charge in [-0.3, -0.25) is 0 Å². The molecule has 1 aliphatic heterocycles. The Morgan fingerprint density at radius 3 is 2.28 bits per heavy atom. The molecule has 0 radical (unpaired) electrons. The van der Waals surface area contributed by atoms with E-state index in [4.69, 9.17) is 4.74 Å². The molecule has 2 aromatic carbocycles. The van der Waals surface area contributed by atoms with Crippen molar-refractivity contribution in [1.29, 1.82) is 0 Å². The summed E-state index contributed by atoms with van der Waals surface area (Å²) in [5, 5.41) is 5.92. The number of nitrogens with one attached hydrogen (secondary N) is 2. The number of methoxy groups -OCH3 is 1. The maximum absolute atomic E-state index is 12.4. The summed E-state index contributed by atoms with van der Waals surface area (Å²) in [6, 6.07) is 15.9. The van der Waals surface area contributed by atoms with Gasteiger partial charge in [0.2, 0.25) is 0 Å². The van der Waals surface area contributed by atoms with E-state index >= 15 is 0 Å². The Kier molecular flexibility index (Phi) is 6.68. The zero-order chi connectivity index (χ0) is 20.9. The van der Waals surface area contributed by atoms with Crippen molar-refractivity contribution in [2.75, 3.05) is 37.0 Å². The maximum Gasteiger partial charge on any atom is 0.319 e. The molecule has 1 fully saturated rings. The highest BCUT2D eigenvalue weighted by atomic mass is 16.5. The van der Waals surface area contributed by atoms with Crippen molar-refractivity contribution in [3.63, 3.8) is 0 Å². The molecule has 0 spiro atoms. The van der Waals surface area contributed by atoms with Crippen molar-refractivity contribution in [1.82, 2.24) is 5.32 Å². The number of nitrogens with zero attached hydrogens (tertiary/aromatic N) is 1. The average Bonchev–Trinajstić information content (AvgIpc) is 2.74. The van der Waals surface area contributed by atoms with E-state index in [0.29, 0.717) is 6.54 Å². The Morgan fingerprint density at radius 1 is 1.07 bits per heavy atom. The standard InChI is InChI=1S/C24H33N3O2/c1-18-13-15-27(16-14-18)21-9-7-20(8-10-21)26-23(28)25-17-24(2,3)19-5-11-22(29-4)12-6-19/h5-12,18H,13-17H2,1-4H3,(H2,25,26,28). The molecule has 2 N–H and O–H groups in total. The SMILES string of the molecule is COc1ccc(C(C)(C)CNC(=O)Nc2ccc(N3CCC(C)CC3)cc2)cc1. The minimum atomic E-state index is -0.189. The molecule has 156 valence electrons. The van der Waals surface area contributed by atoms with Gasteiger partial charge in [-0.15, -0.1) is 0 Å². The van der Waals surface area contributed by atoms with Crippen LogP contribution in [0.3, 0.4) is 0 Å². The molecule has 5 nitrogen and oxygen atoms in total. The topological polar surface area (TPSA) is 53.6 Å². The first kappa shape index (κ1) is 21.0. The fourth-order valence-corrected chi connectivity index (χ4v) is 3.64. The molecule has 1 aliphatic rings. The van der Waals surface area contributed by atoms with Crippen LogP contribution in [0.15, 0.2) is 48.5 Å². The van der Waals surface area contributed by atoms with Crippen LogP contribution in [0.5, 0.6) is 5.75 Å². The number of benzene rings is 2. The Labute approximate surface area is 174 Å². The number of hydrogen-bond acceptors (Lipinski definition) is 3. The second-order valence-electron chi connectivity index (χ2n) is 8.64. The normalized spacial score (nSPS) is 15.1. The van der Waals surface area contributed by atoms with Crippen LogP contribution in [0.2, 0.25) is 0 Å². The highest BCUT2D eigenvalue weighted by molar-refractivity contribution is 5.89. The monoisotopic (exact) mass is 395 g/mol. The lowest BCUT2D eigenvalue weighted by atomic mass is 9.84. The van der Waals surface area contributed by atoms with Gasteiger partial charge in [0.15, 0.2) is 0 Å². The Hall–Kier alpha value is -2.69. The maximum atomic E-state index is 12.4. The molecular formula is C24H33N3O2. The molecule has 2 aromatic rings. The van der Waals surface area contributed by atoms with Gasteiger partial charge in [-0.05, 0) is 60.7 Å². The Morgan fingerprint density at radius 2 is 1.69 bits per heavy atom. The number of carbonyl (C=O) groups excluding carboxylic acids is 1. The summed E-state index contributed by atoms with van der Waals surface area (Å²) < 4.78 is 5.22. The molecule has 0 aliphatic carbocycles. The fraction of sp³-hybridized carbons (Fsp3) is 0.458. The minimum absolute atomic E-state index is 0.182. The smallest absolute Gasteiger partial charge is 0.319 e. The molecule has 0 saturated carbocycles. The van der Waals surface area contributed by atoms with Gasteiger partial charge in [-0.2, -0.15) is 0 Å². The summed E-state index contributed by atoms with van der Waals surface area (Å²) in [4.78, 5) is 14.8. The lowest BCUT2D eigenvalue weighted by Gasteiger charge is -2.32. The van der Waals surface area contributed by atoms with Crippen molar-refractivity contribution in [3.8, 4) is 5.75 Å². The molecule has 0 aromatic heterocycles. The number of ether oxygens (including phenoxy) is 1. The van der Waals surface area contributed by atoms with Crippen molar-refractivity contribution in [2.45, 2.75) is 39.0 Å². The van der Waals surface area contributed by atoms with Gasteiger partial charge in [0.25, 0.3) is 0 Å². The van der Waals surface area contributed by atoms with Crippen LogP contribution in [-0.2, 0) is 5.41 Å². The number of piperidine rings is 1. The highest BCUT2D eigenvalue weighted by Gasteiger charge is 2.21. The second-order valence-corrected chi connectivity index (χ2v) is 8.64. The van der Waals surface area contributed by atoms with Crippen LogP contribution in [-0.4, -0.2) is 32.8 Å². The first-order valence-corrected chi connectivity index (χ1v) is 10.4. The molecule has 29 heavy (non-hydrogen) atoms. The third kappa shape index (κ3) is 5.66. The molecule has 5 heteroatoms. The molecule has 3 rings (SSSR count). The number of carbonyl (C=O) groups is 1. The van der Waals surface area contributed by atoms with Crippen molar-refractivity contribution < 1.29 is 9.53 Å². The van der Waals surface area contributed by atoms with Gasteiger partial charge in [-0.25, -0.2) is 4.79 Å². The number of hydrogen-bond donors (Lipinski definition) is 2. The molecule has 0 atom stereocenters. The first-order chi connectivity index (χ1) is 13.9. The lowest BCUT2D eigenvalue weighted by molar-refractivity contribution is 0.249. The van der Waals surface area contributed by atoms with E-state index in [0.717, 1.165) is 36.0 Å². The number of urea groups is 1. The van der Waals surface area contributed by atoms with E-state index < -0.39 is 0 Å². The molecular weight excluding hydrogens is 362 g/mol. The summed E-state index contributed by atoms with van der Waals surface area (Å²) in [5.41, 5.74) is 3.00. The summed E-state index contributed by atoms with van der Waals surface area (Å²) in [6.07, 6.45) is 2.48. The van der Waals surface area contributed by atoms with E-state index in [9.17, 15) is 4.79 Å². The van der Waals surface area contributed by atoms with Crippen LogP contribution in [0.25, 0.3) is 0 Å². The van der Waals surface area contributed by atoms with Crippen molar-refractivity contribution in [2.24, 2.45) is 5.92 Å². The molecule has 1 saturated heterocycles. The summed E-state index contributed by atoms with van der Waals surface area (Å²) in [5.74, 6) is 1.65. The van der Waals surface area contributed by atoms with E-state index in [1.807, 2.05) is 36.4 Å². The third-order valence-electron chi connectivity index (χ3n) is 5.84. The van der Waals surface area contributed by atoms with Crippen LogP contribution < -0.4 is 20.3 Å². The predicted molar refractivity (Wildman–Crippen MR) is 120 cm³/mol. The van der Waals surface area contributed by atoms with Gasteiger partial charge in [0.05, 0.1) is 7.11 Å². The van der Waals surface area contributed by atoms with Crippen LogP contribution >= 0.6 is 0 Å². The molecule has 0 unspecified atom stereocenters. The average molecular weight is 396 g/mol. The minimum Gasteiger partial charge on any atom is -0.497 e. The largest absolute Gasteiger partial charge is 0.497 e. The van der Waals surface area contributed by atoms with Gasteiger partial charge >= 0.3 is 6.03 Å². The van der Waals surface area contributed by atoms with E-state index in [1.165, 1.54) is 18.5 Å². The number of anilines is 2. The van der Waals surface area contributed by atoms with Crippen LogP contribution in [0.4, 0.5) is 16.2 Å². The third-order valence-corrected chi connectivity index (χ3v) is 5.84. The lowest BCUT2D eigenvalue weighted by Crippen LogP contribution is -2.39. The Balaban J connectivity index is 1.50. The van der Waals surface area contributed by atoms with Gasteiger partial charge in [0.1, 0.15) is 5.75 Å². The fourth-order valence-electron chi connectivity index (χ4n) is 3.64. The van der Waals surface area contributed by atoms with Gasteiger partial charge < -0.3 is 20.3 Å². The molecule has 1 heterocycles. The van der Waals surface area contributed by atoms with Crippen LogP contribution in [0, 0.1) is 5.92 Å². The van der Waals surface area contributed by atoms with Crippen molar-refractivity contribution in [3.05, 3.63) is 54.1 Å².